The van der Waals surface area contributed by atoms with Crippen LogP contribution < -0.4 is 99.8 Å². The number of hydrogen-bond donors (Lipinski definition) is 4. The van der Waals surface area contributed by atoms with Crippen molar-refractivity contribution in [3.63, 3.8) is 0 Å². The molecule has 0 radical (unpaired) electrons. The van der Waals surface area contributed by atoms with Crippen LogP contribution >= 0.6 is 23.2 Å². The van der Waals surface area contributed by atoms with E-state index in [1.54, 1.807) is 74.5 Å². The molecule has 6 aromatic carbocycles. The molecule has 4 N–H and O–H groups in total. The van der Waals surface area contributed by atoms with Crippen molar-refractivity contribution in [2.75, 3.05) is 0 Å². The third-order valence-electron chi connectivity index (χ3n) is 9.91. The van der Waals surface area contributed by atoms with Crippen molar-refractivity contribution in [2.45, 2.75) is 13.8 Å². The van der Waals surface area contributed by atoms with Crippen molar-refractivity contribution in [2.24, 2.45) is 20.5 Å². The van der Waals surface area contributed by atoms with E-state index in [-0.39, 0.29) is 174 Å². The van der Waals surface area contributed by atoms with Gasteiger partial charge in [0.25, 0.3) is 0 Å². The topological polar surface area (TPSA) is 268 Å². The van der Waals surface area contributed by atoms with Gasteiger partial charge in [-0.15, -0.1) is 11.4 Å². The van der Waals surface area contributed by atoms with Crippen molar-refractivity contribution in [1.29, 1.82) is 0 Å². The summed E-state index contributed by atoms with van der Waals surface area (Å²) < 4.78 is 2.34. The molecule has 0 aliphatic rings. The summed E-state index contributed by atoms with van der Waals surface area (Å²) in [5, 5.41) is 64.5. The Bertz CT molecular complexity index is 3260. The Kier molecular flexibility index (Phi) is 22.8. The number of aromatic nitrogens is 4. The minimum Gasteiger partial charge on any atom is -0.506 e. The number of halogens is 2. The molecule has 0 fully saturated rings. The van der Waals surface area contributed by atoms with Gasteiger partial charge in [0, 0.05) is 49.7 Å². The van der Waals surface area contributed by atoms with Gasteiger partial charge in [0.15, 0.2) is 11.6 Å². The van der Waals surface area contributed by atoms with Crippen LogP contribution in [0.15, 0.2) is 164 Å². The number of aryl methyl sites for hydroxylation is 2. The maximum absolute atomic E-state index is 12.8. The number of azo groups is 2. The molecular formula is C48H32Cl2CrN8Na3O10+. The number of nitrogens with zero attached hydrogens (tertiary/aromatic N) is 8. The maximum atomic E-state index is 12.8. The van der Waals surface area contributed by atoms with Gasteiger partial charge in [0.2, 0.25) is 0 Å². The summed E-state index contributed by atoms with van der Waals surface area (Å²) in [7, 11) is 0. The Balaban J connectivity index is 0.000000360. The molecule has 0 atom stereocenters. The quantitative estimate of drug-likeness (QED) is 0.0577. The van der Waals surface area contributed by atoms with Crippen molar-refractivity contribution < 1.29 is 146 Å². The van der Waals surface area contributed by atoms with Gasteiger partial charge in [-0.3, -0.25) is 9.59 Å². The zero-order valence-corrected chi connectivity index (χ0v) is 47.5. The molecule has 18 nitrogen and oxygen atoms in total. The van der Waals surface area contributed by atoms with Crippen molar-refractivity contribution in [1.82, 2.24) is 19.6 Å². The maximum Gasteiger partial charge on any atom is 1.00 e. The molecule has 0 amide bonds. The van der Waals surface area contributed by atoms with Gasteiger partial charge in [-0.2, -0.15) is 10.2 Å². The fourth-order valence-corrected chi connectivity index (χ4v) is 6.74. The van der Waals surface area contributed by atoms with Crippen LogP contribution in [0.1, 0.15) is 63.9 Å². The van der Waals surface area contributed by atoms with Crippen LogP contribution in [0.5, 0.6) is 11.5 Å². The summed E-state index contributed by atoms with van der Waals surface area (Å²) in [6, 6.07) is 32.4. The third kappa shape index (κ3) is 14.0. The number of aromatic hydroxyl groups is 2. The molecule has 8 aromatic rings. The van der Waals surface area contributed by atoms with Crippen LogP contribution in [0.2, 0.25) is 10.0 Å². The molecule has 24 heteroatoms. The summed E-state index contributed by atoms with van der Waals surface area (Å²) in [5.74, 6) is -4.34. The number of carboxylic acids is 2. The number of phenols is 2. The van der Waals surface area contributed by atoms with Gasteiger partial charge < -0.3 is 40.2 Å². The van der Waals surface area contributed by atoms with E-state index >= 15 is 0 Å². The summed E-state index contributed by atoms with van der Waals surface area (Å²) >= 11 is 11.8. The summed E-state index contributed by atoms with van der Waals surface area (Å²) in [6.07, 6.45) is 0. The Hall–Kier alpha value is -5.47. The monoisotopic (exact) mass is 1070 g/mol. The van der Waals surface area contributed by atoms with Gasteiger partial charge in [-0.25, -0.2) is 29.2 Å². The summed E-state index contributed by atoms with van der Waals surface area (Å²) in [6.45, 7) is 3.20. The zero-order valence-electron chi connectivity index (χ0n) is 38.7. The second-order valence-corrected chi connectivity index (χ2v) is 15.3. The Morgan fingerprint density at radius 2 is 0.833 bits per heavy atom. The summed E-state index contributed by atoms with van der Waals surface area (Å²) in [5.41, 5.74) is 0.520. The first kappa shape index (κ1) is 60.8. The number of carbonyl (C=O) groups is 4. The van der Waals surface area contributed by atoms with Crippen LogP contribution in [0.3, 0.4) is 0 Å². The molecule has 0 saturated carbocycles. The predicted molar refractivity (Wildman–Crippen MR) is 249 cm³/mol. The fourth-order valence-electron chi connectivity index (χ4n) is 6.49. The number of phenolic OH excluding ortho intramolecular Hbond substituents is 2. The number of carbonyl (C=O) groups excluding carboxylic acids is 2. The molecule has 0 spiro atoms. The average molecular weight is 1070 g/mol. The molecule has 346 valence electrons. The fraction of sp³-hybridized carbons (Fsp3) is 0.0417. The van der Waals surface area contributed by atoms with Crippen LogP contribution in [0, 0.1) is 13.8 Å². The summed E-state index contributed by atoms with van der Waals surface area (Å²) in [4.78, 5) is 73.8. The standard InChI is InChI=1S/2C24H16ClN4O5.Cr.3Na/c2*1-13-21(23(32)29(28-13)16-9-7-15(25)8-10-16)27-26-19-11-6-14(12-20(19)30)22(31)17-4-2-3-5-18(17)24(33)34;;;;/h2*2-12,30H,1H3,(H,33,34);;;;/q2*-1;;3*+1. The molecule has 0 bridgehead atoms. The van der Waals surface area contributed by atoms with Crippen molar-refractivity contribution in [3.8, 4) is 22.9 Å². The second kappa shape index (κ2) is 27.0. The van der Waals surface area contributed by atoms with Crippen molar-refractivity contribution in [3.05, 3.63) is 209 Å². The van der Waals surface area contributed by atoms with E-state index in [1.165, 1.54) is 70.0 Å². The van der Waals surface area contributed by atoms with E-state index in [9.17, 15) is 49.2 Å². The third-order valence-corrected chi connectivity index (χ3v) is 10.4. The van der Waals surface area contributed by atoms with Gasteiger partial charge in [-0.05, 0) is 97.1 Å². The second-order valence-electron chi connectivity index (χ2n) is 14.4. The number of hydrogen-bond acceptors (Lipinski definition) is 14. The molecule has 0 aliphatic carbocycles. The molecule has 0 aliphatic heterocycles. The first-order valence-corrected chi connectivity index (χ1v) is 20.6. The van der Waals surface area contributed by atoms with E-state index in [2.05, 4.69) is 30.7 Å². The van der Waals surface area contributed by atoms with Gasteiger partial charge in [0.05, 0.1) is 22.5 Å². The number of rotatable bonds is 12. The molecule has 72 heavy (non-hydrogen) atoms. The first-order valence-electron chi connectivity index (χ1n) is 19.8. The Morgan fingerprint density at radius 1 is 0.514 bits per heavy atom. The Labute approximate surface area is 495 Å². The number of aromatic carboxylic acids is 2. The van der Waals surface area contributed by atoms with E-state index in [0.29, 0.717) is 32.8 Å². The van der Waals surface area contributed by atoms with Gasteiger partial charge >= 0.3 is 101 Å². The largest absolute Gasteiger partial charge is 1.00 e. The van der Waals surface area contributed by atoms with Gasteiger partial charge in [0.1, 0.15) is 34.0 Å². The normalized spacial score (nSPS) is 10.5. The number of benzene rings is 6. The SMILES string of the molecule is Cc1nn(-c2ccc(Cl)cc2)c(=O)[c-]1N=Nc1ccc(C(=O)c2ccccc2C(=O)O)cc1O.Cc1nn(-c2ccc(Cl)cc2)c(=O)[c-]1N=Nc1ccc(C(=O)c2ccccc2C(=O)O)cc1O.[Cr].[Na+].[Na+].[Na+]. The first-order chi connectivity index (χ1) is 32.5. The van der Waals surface area contributed by atoms with Crippen LogP contribution in [0.4, 0.5) is 22.7 Å². The molecule has 2 heterocycles. The minimum absolute atomic E-state index is 0. The van der Waals surface area contributed by atoms with E-state index in [4.69, 9.17) is 23.2 Å². The van der Waals surface area contributed by atoms with Gasteiger partial charge in [-0.1, -0.05) is 84.8 Å². The number of carboxylic acid groups (broad SMARTS) is 2. The van der Waals surface area contributed by atoms with E-state index in [1.807, 2.05) is 0 Å². The molecule has 0 unspecified atom stereocenters. The zero-order chi connectivity index (χ0) is 48.8. The van der Waals surface area contributed by atoms with Crippen molar-refractivity contribution >= 4 is 69.5 Å². The Morgan fingerprint density at radius 3 is 1.14 bits per heavy atom. The van der Waals surface area contributed by atoms with E-state index < -0.39 is 34.6 Å². The molecule has 8 rings (SSSR count). The molecule has 0 saturated heterocycles. The van der Waals surface area contributed by atoms with Crippen LogP contribution in [0.25, 0.3) is 11.4 Å². The molecular weight excluding hydrogens is 1040 g/mol. The van der Waals surface area contributed by atoms with E-state index in [0.717, 1.165) is 12.1 Å². The molecule has 2 aromatic heterocycles. The number of ketones is 2. The van der Waals surface area contributed by atoms with Crippen LogP contribution in [-0.4, -0.2) is 63.5 Å². The smallest absolute Gasteiger partial charge is 0.506 e. The predicted octanol–water partition coefficient (Wildman–Crippen LogP) is 0.936. The minimum atomic E-state index is -1.23. The van der Waals surface area contributed by atoms with Crippen LogP contribution in [-0.2, 0) is 17.4 Å². The average Bonchev–Trinajstić information content (AvgIpc) is 3.78.